The Morgan fingerprint density at radius 2 is 2.42 bits per heavy atom. The van der Waals surface area contributed by atoms with Crippen LogP contribution in [0.15, 0.2) is 6.33 Å². The van der Waals surface area contributed by atoms with E-state index in [-0.39, 0.29) is 18.5 Å². The largest absolute Gasteiger partial charge is 0.481 e. The molecular formula is C11H17N5O3. The van der Waals surface area contributed by atoms with Gasteiger partial charge in [0.15, 0.2) is 0 Å². The summed E-state index contributed by atoms with van der Waals surface area (Å²) < 4.78 is 0. The lowest BCUT2D eigenvalue weighted by Gasteiger charge is -2.28. The predicted octanol–water partition coefficient (Wildman–Crippen LogP) is 0.296. The quantitative estimate of drug-likeness (QED) is 0.816. The van der Waals surface area contributed by atoms with Crippen LogP contribution in [0.25, 0.3) is 0 Å². The van der Waals surface area contributed by atoms with Gasteiger partial charge in [0.25, 0.3) is 0 Å². The first-order chi connectivity index (χ1) is 9.08. The summed E-state index contributed by atoms with van der Waals surface area (Å²) in [4.78, 5) is 30.1. The number of carboxylic acid groups (broad SMARTS) is 1. The molecule has 8 nitrogen and oxygen atoms in total. The van der Waals surface area contributed by atoms with Crippen LogP contribution in [0.4, 0.5) is 4.79 Å². The second kappa shape index (κ2) is 5.68. The Morgan fingerprint density at radius 3 is 3.05 bits per heavy atom. The van der Waals surface area contributed by atoms with Crippen LogP contribution >= 0.6 is 0 Å². The highest BCUT2D eigenvalue weighted by atomic mass is 16.4. The molecule has 0 bridgehead atoms. The van der Waals surface area contributed by atoms with Crippen molar-refractivity contribution in [3.8, 4) is 0 Å². The molecule has 0 spiro atoms. The molecule has 2 heterocycles. The molecule has 0 radical (unpaired) electrons. The number of aromatic amines is 1. The Hall–Kier alpha value is -2.12. The summed E-state index contributed by atoms with van der Waals surface area (Å²) in [5, 5.41) is 15.3. The maximum absolute atomic E-state index is 12.3. The first-order valence-electron chi connectivity index (χ1n) is 6.15. The Bertz CT molecular complexity index is 447. The summed E-state index contributed by atoms with van der Waals surface area (Å²) in [6.45, 7) is 0.937. The van der Waals surface area contributed by atoms with E-state index in [0.29, 0.717) is 18.9 Å². The van der Waals surface area contributed by atoms with Crippen LogP contribution < -0.4 is 0 Å². The molecule has 2 rings (SSSR count). The standard InChI is InChI=1S/C11H17N5O3/c1-15(6-9-12-7-13-14-9)11(19)16-4-2-3-8(16)5-10(17)18/h7-8H,2-6H2,1H3,(H,17,18)(H,12,13,14). The van der Waals surface area contributed by atoms with Gasteiger partial charge in [-0.1, -0.05) is 0 Å². The van der Waals surface area contributed by atoms with Gasteiger partial charge in [0.2, 0.25) is 0 Å². The fourth-order valence-electron chi connectivity index (χ4n) is 2.32. The highest BCUT2D eigenvalue weighted by Gasteiger charge is 2.32. The molecule has 0 aromatic carbocycles. The number of carbonyl (C=O) groups is 2. The SMILES string of the molecule is CN(Cc1ncn[nH]1)C(=O)N1CCCC1CC(=O)O. The molecule has 2 amide bonds. The Kier molecular flexibility index (Phi) is 3.98. The zero-order chi connectivity index (χ0) is 13.8. The number of nitrogens with zero attached hydrogens (tertiary/aromatic N) is 4. The van der Waals surface area contributed by atoms with Crippen molar-refractivity contribution < 1.29 is 14.7 Å². The van der Waals surface area contributed by atoms with Gasteiger partial charge in [0.05, 0.1) is 13.0 Å². The first-order valence-corrected chi connectivity index (χ1v) is 6.15. The third kappa shape index (κ3) is 3.21. The molecule has 1 aromatic heterocycles. The van der Waals surface area contributed by atoms with Gasteiger partial charge in [-0.2, -0.15) is 5.10 Å². The number of nitrogens with one attached hydrogen (secondary N) is 1. The number of hydrogen-bond donors (Lipinski definition) is 2. The molecule has 1 aliphatic heterocycles. The summed E-state index contributed by atoms with van der Waals surface area (Å²) in [7, 11) is 1.67. The van der Waals surface area contributed by atoms with Gasteiger partial charge in [-0.25, -0.2) is 9.78 Å². The highest BCUT2D eigenvalue weighted by molar-refractivity contribution is 5.76. The van der Waals surface area contributed by atoms with Crippen molar-refractivity contribution in [1.29, 1.82) is 0 Å². The summed E-state index contributed by atoms with van der Waals surface area (Å²) in [5.41, 5.74) is 0. The van der Waals surface area contributed by atoms with E-state index < -0.39 is 5.97 Å². The molecule has 1 unspecified atom stereocenters. The molecular weight excluding hydrogens is 250 g/mol. The predicted molar refractivity (Wildman–Crippen MR) is 65.2 cm³/mol. The Morgan fingerprint density at radius 1 is 1.63 bits per heavy atom. The van der Waals surface area contributed by atoms with Gasteiger partial charge in [-0.15, -0.1) is 0 Å². The minimum atomic E-state index is -0.873. The fraction of sp³-hybridized carbons (Fsp3) is 0.636. The number of aromatic nitrogens is 3. The van der Waals surface area contributed by atoms with Crippen molar-refractivity contribution >= 4 is 12.0 Å². The minimum absolute atomic E-state index is 0.00187. The number of hydrogen-bond acceptors (Lipinski definition) is 4. The molecule has 19 heavy (non-hydrogen) atoms. The molecule has 1 aromatic rings. The van der Waals surface area contributed by atoms with E-state index >= 15 is 0 Å². The first kappa shape index (κ1) is 13.3. The van der Waals surface area contributed by atoms with Crippen LogP contribution in [0.2, 0.25) is 0 Å². The van der Waals surface area contributed by atoms with Gasteiger partial charge in [0.1, 0.15) is 12.2 Å². The van der Waals surface area contributed by atoms with Gasteiger partial charge >= 0.3 is 12.0 Å². The fourth-order valence-corrected chi connectivity index (χ4v) is 2.32. The van der Waals surface area contributed by atoms with Crippen molar-refractivity contribution in [1.82, 2.24) is 25.0 Å². The second-order valence-corrected chi connectivity index (χ2v) is 4.66. The van der Waals surface area contributed by atoms with Crippen LogP contribution in [0.1, 0.15) is 25.1 Å². The molecule has 1 saturated heterocycles. The van der Waals surface area contributed by atoms with Crippen LogP contribution in [0, 0.1) is 0 Å². The molecule has 2 N–H and O–H groups in total. The van der Waals surface area contributed by atoms with E-state index in [2.05, 4.69) is 15.2 Å². The molecule has 104 valence electrons. The highest BCUT2D eigenvalue weighted by Crippen LogP contribution is 2.21. The van der Waals surface area contributed by atoms with Gasteiger partial charge in [-0.3, -0.25) is 9.89 Å². The smallest absolute Gasteiger partial charge is 0.320 e. The van der Waals surface area contributed by atoms with Crippen molar-refractivity contribution in [3.63, 3.8) is 0 Å². The van der Waals surface area contributed by atoms with E-state index in [1.54, 1.807) is 11.9 Å². The van der Waals surface area contributed by atoms with Crippen molar-refractivity contribution in [3.05, 3.63) is 12.2 Å². The van der Waals surface area contributed by atoms with E-state index in [1.165, 1.54) is 11.2 Å². The van der Waals surface area contributed by atoms with Gasteiger partial charge < -0.3 is 14.9 Å². The number of likely N-dealkylation sites (tertiary alicyclic amines) is 1. The molecule has 0 saturated carbocycles. The molecule has 1 aliphatic rings. The molecule has 8 heteroatoms. The average molecular weight is 267 g/mol. The summed E-state index contributed by atoms with van der Waals surface area (Å²) in [6.07, 6.45) is 2.98. The lowest BCUT2D eigenvalue weighted by Crippen LogP contribution is -2.44. The lowest BCUT2D eigenvalue weighted by atomic mass is 10.1. The van der Waals surface area contributed by atoms with Gasteiger partial charge in [-0.05, 0) is 12.8 Å². The topological polar surface area (TPSA) is 102 Å². The summed E-state index contributed by atoms with van der Waals surface area (Å²) in [6, 6.07) is -0.373. The van der Waals surface area contributed by atoms with E-state index in [9.17, 15) is 9.59 Å². The third-order valence-electron chi connectivity index (χ3n) is 3.21. The molecule has 0 aliphatic carbocycles. The number of aliphatic carboxylic acids is 1. The maximum atomic E-state index is 12.3. The van der Waals surface area contributed by atoms with Gasteiger partial charge in [0, 0.05) is 19.6 Å². The normalized spacial score (nSPS) is 18.6. The summed E-state index contributed by atoms with van der Waals surface area (Å²) in [5.74, 6) is -0.271. The monoisotopic (exact) mass is 267 g/mol. The van der Waals surface area contributed by atoms with Crippen molar-refractivity contribution in [2.75, 3.05) is 13.6 Å². The number of rotatable bonds is 4. The van der Waals surface area contributed by atoms with Crippen LogP contribution in [0.3, 0.4) is 0 Å². The van der Waals surface area contributed by atoms with E-state index in [1.807, 2.05) is 0 Å². The van der Waals surface area contributed by atoms with Crippen LogP contribution in [-0.4, -0.2) is 61.7 Å². The minimum Gasteiger partial charge on any atom is -0.481 e. The number of carbonyl (C=O) groups excluding carboxylic acids is 1. The Balaban J connectivity index is 1.95. The maximum Gasteiger partial charge on any atom is 0.320 e. The summed E-state index contributed by atoms with van der Waals surface area (Å²) >= 11 is 0. The molecule has 1 atom stereocenters. The van der Waals surface area contributed by atoms with E-state index in [4.69, 9.17) is 5.11 Å². The van der Waals surface area contributed by atoms with E-state index in [0.717, 1.165) is 12.8 Å². The van der Waals surface area contributed by atoms with Crippen molar-refractivity contribution in [2.45, 2.75) is 31.8 Å². The number of carboxylic acids is 1. The molecule has 1 fully saturated rings. The second-order valence-electron chi connectivity index (χ2n) is 4.66. The van der Waals surface area contributed by atoms with Crippen molar-refractivity contribution in [2.24, 2.45) is 0 Å². The zero-order valence-corrected chi connectivity index (χ0v) is 10.7. The zero-order valence-electron chi connectivity index (χ0n) is 10.7. The Labute approximate surface area is 110 Å². The number of urea groups is 1. The number of amides is 2. The average Bonchev–Trinajstić information content (AvgIpc) is 2.98. The van der Waals surface area contributed by atoms with Crippen LogP contribution in [-0.2, 0) is 11.3 Å². The third-order valence-corrected chi connectivity index (χ3v) is 3.21. The van der Waals surface area contributed by atoms with Crippen LogP contribution in [0.5, 0.6) is 0 Å². The lowest BCUT2D eigenvalue weighted by molar-refractivity contribution is -0.138. The number of H-pyrrole nitrogens is 1.